The molecule has 0 N–H and O–H groups in total. The molecule has 0 atom stereocenters. The summed E-state index contributed by atoms with van der Waals surface area (Å²) in [5.41, 5.74) is 1.78. The van der Waals surface area contributed by atoms with E-state index in [1.807, 2.05) is 6.07 Å². The molecule has 0 fully saturated rings. The molecule has 0 saturated carbocycles. The van der Waals surface area contributed by atoms with E-state index in [4.69, 9.17) is 21.6 Å². The van der Waals surface area contributed by atoms with Gasteiger partial charge >= 0.3 is 5.97 Å². The van der Waals surface area contributed by atoms with E-state index < -0.39 is 0 Å². The number of thiol groups is 1. The van der Waals surface area contributed by atoms with Crippen molar-refractivity contribution in [2.75, 3.05) is 6.61 Å². The summed E-state index contributed by atoms with van der Waals surface area (Å²) in [5, 5.41) is 9.03. The van der Waals surface area contributed by atoms with Crippen LogP contribution in [0.3, 0.4) is 0 Å². The molecule has 3 nitrogen and oxygen atoms in total. The number of halogens is 1. The van der Waals surface area contributed by atoms with E-state index >= 15 is 0 Å². The number of benzene rings is 1. The SMILES string of the molecule is CCOC(=O)Cc1c(C#N)cc(S)cc1CCl. The fraction of sp³-hybridized carbons (Fsp3) is 0.333. The van der Waals surface area contributed by atoms with Gasteiger partial charge in [0.2, 0.25) is 0 Å². The average molecular weight is 270 g/mol. The van der Waals surface area contributed by atoms with Crippen LogP contribution in [0.5, 0.6) is 0 Å². The Kier molecular flexibility index (Phi) is 5.33. The zero-order valence-corrected chi connectivity index (χ0v) is 11.0. The second kappa shape index (κ2) is 6.53. The zero-order valence-electron chi connectivity index (χ0n) is 9.36. The maximum atomic E-state index is 11.4. The molecular formula is C12H12ClNO2S. The number of carbonyl (C=O) groups is 1. The van der Waals surface area contributed by atoms with E-state index in [1.54, 1.807) is 19.1 Å². The van der Waals surface area contributed by atoms with Crippen molar-refractivity contribution in [3.05, 3.63) is 28.8 Å². The molecule has 0 aromatic heterocycles. The van der Waals surface area contributed by atoms with Crippen molar-refractivity contribution in [2.24, 2.45) is 0 Å². The van der Waals surface area contributed by atoms with Crippen LogP contribution < -0.4 is 0 Å². The Morgan fingerprint density at radius 1 is 1.59 bits per heavy atom. The van der Waals surface area contributed by atoms with Gasteiger partial charge in [0.05, 0.1) is 24.7 Å². The Bertz CT molecular complexity index is 468. The summed E-state index contributed by atoms with van der Waals surface area (Å²) in [6, 6.07) is 5.42. The lowest BCUT2D eigenvalue weighted by Gasteiger charge is -2.10. The van der Waals surface area contributed by atoms with Crippen LogP contribution in [0.1, 0.15) is 23.6 Å². The third kappa shape index (κ3) is 3.65. The van der Waals surface area contributed by atoms with Crippen LogP contribution in [0.2, 0.25) is 0 Å². The van der Waals surface area contributed by atoms with Gasteiger partial charge in [-0.05, 0) is 30.2 Å². The van der Waals surface area contributed by atoms with Crippen LogP contribution in [0, 0.1) is 11.3 Å². The number of ether oxygens (including phenoxy) is 1. The summed E-state index contributed by atoms with van der Waals surface area (Å²) < 4.78 is 4.86. The molecular weight excluding hydrogens is 258 g/mol. The van der Waals surface area contributed by atoms with E-state index in [1.165, 1.54) is 0 Å². The topological polar surface area (TPSA) is 50.1 Å². The van der Waals surface area contributed by atoms with Gasteiger partial charge in [-0.1, -0.05) is 0 Å². The number of alkyl halides is 1. The number of nitrogens with zero attached hydrogens (tertiary/aromatic N) is 1. The molecule has 0 spiro atoms. The minimum Gasteiger partial charge on any atom is -0.466 e. The predicted octanol–water partition coefficient (Wildman–Crippen LogP) is 2.69. The van der Waals surface area contributed by atoms with Crippen molar-refractivity contribution >= 4 is 30.2 Å². The van der Waals surface area contributed by atoms with Gasteiger partial charge in [-0.3, -0.25) is 4.79 Å². The molecule has 0 aliphatic heterocycles. The number of hydrogen-bond donors (Lipinski definition) is 1. The first-order valence-corrected chi connectivity index (χ1v) is 6.07. The molecule has 1 rings (SSSR count). The molecule has 5 heteroatoms. The highest BCUT2D eigenvalue weighted by atomic mass is 35.5. The summed E-state index contributed by atoms with van der Waals surface area (Å²) in [6.07, 6.45) is 0.0623. The zero-order chi connectivity index (χ0) is 12.8. The van der Waals surface area contributed by atoms with Gasteiger partial charge in [-0.25, -0.2) is 0 Å². The summed E-state index contributed by atoms with van der Waals surface area (Å²) >= 11 is 9.98. The summed E-state index contributed by atoms with van der Waals surface area (Å²) in [7, 11) is 0. The van der Waals surface area contributed by atoms with E-state index in [0.29, 0.717) is 22.6 Å². The largest absolute Gasteiger partial charge is 0.466 e. The molecule has 0 aliphatic rings. The fourth-order valence-corrected chi connectivity index (χ4v) is 2.02. The van der Waals surface area contributed by atoms with E-state index in [-0.39, 0.29) is 18.3 Å². The van der Waals surface area contributed by atoms with E-state index in [9.17, 15) is 4.79 Å². The Labute approximate surface area is 111 Å². The first-order chi connectivity index (χ1) is 8.12. The maximum Gasteiger partial charge on any atom is 0.310 e. The number of carbonyl (C=O) groups excluding carboxylic acids is 1. The third-order valence-electron chi connectivity index (χ3n) is 2.22. The fourth-order valence-electron chi connectivity index (χ4n) is 1.50. The Morgan fingerprint density at radius 3 is 2.82 bits per heavy atom. The second-order valence-corrected chi connectivity index (χ2v) is 4.14. The molecule has 1 aromatic rings. The maximum absolute atomic E-state index is 11.4. The minimum absolute atomic E-state index is 0.0623. The second-order valence-electron chi connectivity index (χ2n) is 3.36. The number of esters is 1. The summed E-state index contributed by atoms with van der Waals surface area (Å²) in [4.78, 5) is 12.1. The molecule has 0 aliphatic carbocycles. The lowest BCUT2D eigenvalue weighted by molar-refractivity contribution is -0.142. The van der Waals surface area contributed by atoms with Gasteiger partial charge in [0.15, 0.2) is 0 Å². The molecule has 17 heavy (non-hydrogen) atoms. The van der Waals surface area contributed by atoms with Gasteiger partial charge in [-0.2, -0.15) is 5.26 Å². The van der Waals surface area contributed by atoms with Crippen LogP contribution in [-0.4, -0.2) is 12.6 Å². The smallest absolute Gasteiger partial charge is 0.310 e. The van der Waals surface area contributed by atoms with Crippen molar-refractivity contribution in [1.29, 1.82) is 5.26 Å². The Hall–Kier alpha value is -1.18. The lowest BCUT2D eigenvalue weighted by atomic mass is 10.00. The van der Waals surface area contributed by atoms with Crippen molar-refractivity contribution in [3.63, 3.8) is 0 Å². The quantitative estimate of drug-likeness (QED) is 0.519. The first-order valence-electron chi connectivity index (χ1n) is 5.08. The third-order valence-corrected chi connectivity index (χ3v) is 2.76. The van der Waals surface area contributed by atoms with Gasteiger partial charge in [0, 0.05) is 10.8 Å². The first kappa shape index (κ1) is 13.9. The molecule has 0 heterocycles. The highest BCUT2D eigenvalue weighted by Gasteiger charge is 2.14. The molecule has 90 valence electrons. The molecule has 0 amide bonds. The normalized spacial score (nSPS) is 9.76. The number of nitriles is 1. The van der Waals surface area contributed by atoms with E-state index in [2.05, 4.69) is 12.6 Å². The van der Waals surface area contributed by atoms with Crippen LogP contribution in [0.15, 0.2) is 17.0 Å². The number of hydrogen-bond acceptors (Lipinski definition) is 4. The molecule has 0 bridgehead atoms. The van der Waals surface area contributed by atoms with Gasteiger partial charge in [0.25, 0.3) is 0 Å². The molecule has 1 aromatic carbocycles. The van der Waals surface area contributed by atoms with Gasteiger partial charge in [0.1, 0.15) is 0 Å². The monoisotopic (exact) mass is 269 g/mol. The van der Waals surface area contributed by atoms with Crippen LogP contribution in [0.4, 0.5) is 0 Å². The summed E-state index contributed by atoms with van der Waals surface area (Å²) in [6.45, 7) is 2.06. The lowest BCUT2D eigenvalue weighted by Crippen LogP contribution is -2.10. The molecule has 0 unspecified atom stereocenters. The summed E-state index contributed by atoms with van der Waals surface area (Å²) in [5.74, 6) is -0.125. The average Bonchev–Trinajstić information content (AvgIpc) is 2.31. The predicted molar refractivity (Wildman–Crippen MR) is 68.3 cm³/mol. The standard InChI is InChI=1S/C12H12ClNO2S/c1-2-16-12(15)5-11-8(6-13)3-10(17)4-9(11)7-14/h3-4,17H,2,5-6H2,1H3. The Morgan fingerprint density at radius 2 is 2.29 bits per heavy atom. The van der Waals surface area contributed by atoms with Crippen LogP contribution >= 0.6 is 24.2 Å². The van der Waals surface area contributed by atoms with Gasteiger partial charge in [-0.15, -0.1) is 24.2 Å². The minimum atomic E-state index is -0.359. The van der Waals surface area contributed by atoms with E-state index in [0.717, 1.165) is 5.56 Å². The molecule has 0 radical (unpaired) electrons. The van der Waals surface area contributed by atoms with Crippen molar-refractivity contribution in [3.8, 4) is 6.07 Å². The highest BCUT2D eigenvalue weighted by Crippen LogP contribution is 2.22. The molecule has 0 saturated heterocycles. The van der Waals surface area contributed by atoms with Crippen molar-refractivity contribution in [1.82, 2.24) is 0 Å². The van der Waals surface area contributed by atoms with Crippen molar-refractivity contribution in [2.45, 2.75) is 24.1 Å². The van der Waals surface area contributed by atoms with Crippen LogP contribution in [-0.2, 0) is 21.8 Å². The van der Waals surface area contributed by atoms with Crippen LogP contribution in [0.25, 0.3) is 0 Å². The number of rotatable bonds is 4. The Balaban J connectivity index is 3.12. The highest BCUT2D eigenvalue weighted by molar-refractivity contribution is 7.80. The van der Waals surface area contributed by atoms with Gasteiger partial charge < -0.3 is 4.74 Å². The van der Waals surface area contributed by atoms with Crippen molar-refractivity contribution < 1.29 is 9.53 Å².